The first kappa shape index (κ1) is 15.7. The Kier molecular flexibility index (Phi) is 4.75. The summed E-state index contributed by atoms with van der Waals surface area (Å²) in [6.45, 7) is 6.08. The van der Waals surface area contributed by atoms with Gasteiger partial charge in [0.15, 0.2) is 5.78 Å². The molecule has 0 saturated heterocycles. The highest BCUT2D eigenvalue weighted by atomic mass is 16.3. The number of nitrogens with zero attached hydrogens (tertiary/aromatic N) is 1. The van der Waals surface area contributed by atoms with Crippen molar-refractivity contribution in [1.82, 2.24) is 5.32 Å². The number of benzene rings is 1. The number of ketones is 1. The highest BCUT2D eigenvalue weighted by Crippen LogP contribution is 2.29. The number of carbonyl (C=O) groups is 2. The van der Waals surface area contributed by atoms with E-state index in [2.05, 4.69) is 5.32 Å². The van der Waals surface area contributed by atoms with Crippen molar-refractivity contribution in [2.45, 2.75) is 39.3 Å². The molecule has 5 heteroatoms. The van der Waals surface area contributed by atoms with Gasteiger partial charge in [-0.15, -0.1) is 0 Å². The van der Waals surface area contributed by atoms with Gasteiger partial charge in [0.25, 0.3) is 0 Å². The smallest absolute Gasteiger partial charge is 0.223 e. The van der Waals surface area contributed by atoms with Crippen molar-refractivity contribution >= 4 is 17.4 Å². The van der Waals surface area contributed by atoms with Gasteiger partial charge in [-0.1, -0.05) is 0 Å². The van der Waals surface area contributed by atoms with Crippen LogP contribution in [0.4, 0.5) is 5.69 Å². The number of hydrogen-bond donors (Lipinski definition) is 2. The molecule has 2 atom stereocenters. The van der Waals surface area contributed by atoms with E-state index in [1.165, 1.54) is 0 Å². The van der Waals surface area contributed by atoms with E-state index < -0.39 is 6.10 Å². The third-order valence-electron chi connectivity index (χ3n) is 3.75. The molecule has 1 aliphatic rings. The zero-order chi connectivity index (χ0) is 15.6. The fourth-order valence-corrected chi connectivity index (χ4v) is 2.57. The molecular weight excluding hydrogens is 268 g/mol. The summed E-state index contributed by atoms with van der Waals surface area (Å²) in [6, 6.07) is 5.14. The summed E-state index contributed by atoms with van der Waals surface area (Å²) in [5, 5.41) is 12.3. The van der Waals surface area contributed by atoms with E-state index in [9.17, 15) is 14.7 Å². The normalized spacial score (nSPS) is 16.5. The third-order valence-corrected chi connectivity index (χ3v) is 3.75. The molecule has 0 fully saturated rings. The number of nitrogens with one attached hydrogen (secondary N) is 1. The molecule has 0 aliphatic carbocycles. The van der Waals surface area contributed by atoms with Gasteiger partial charge in [0.05, 0.1) is 12.1 Å². The molecule has 0 radical (unpaired) electrons. The van der Waals surface area contributed by atoms with Crippen LogP contribution >= 0.6 is 0 Å². The third kappa shape index (κ3) is 3.49. The molecule has 1 aromatic carbocycles. The van der Waals surface area contributed by atoms with Crippen molar-refractivity contribution in [3.8, 4) is 0 Å². The molecule has 5 nitrogen and oxygen atoms in total. The quantitative estimate of drug-likeness (QED) is 0.798. The number of aliphatic hydroxyl groups is 1. The van der Waals surface area contributed by atoms with Crippen molar-refractivity contribution < 1.29 is 14.7 Å². The SMILES string of the molecule is CC(=O)N1CCc2cc(C(=O)C(C)NCC(C)O)ccc21. The summed E-state index contributed by atoms with van der Waals surface area (Å²) in [5.74, 6) is 0.0273. The predicted octanol–water partition coefficient (Wildman–Crippen LogP) is 1.14. The maximum atomic E-state index is 12.3. The Morgan fingerprint density at radius 2 is 2.10 bits per heavy atom. The molecule has 0 spiro atoms. The molecule has 0 bridgehead atoms. The number of amides is 1. The number of Topliss-reactive ketones (excluding diaryl/α,β-unsaturated/α-hetero) is 1. The van der Waals surface area contributed by atoms with Crippen LogP contribution in [0.15, 0.2) is 18.2 Å². The summed E-state index contributed by atoms with van der Waals surface area (Å²) >= 11 is 0. The molecule has 21 heavy (non-hydrogen) atoms. The Morgan fingerprint density at radius 3 is 2.71 bits per heavy atom. The zero-order valence-corrected chi connectivity index (χ0v) is 12.7. The number of carbonyl (C=O) groups excluding carboxylic acids is 2. The summed E-state index contributed by atoms with van der Waals surface area (Å²) in [7, 11) is 0. The molecule has 2 N–H and O–H groups in total. The Labute approximate surface area is 125 Å². The minimum Gasteiger partial charge on any atom is -0.392 e. The van der Waals surface area contributed by atoms with E-state index in [-0.39, 0.29) is 17.7 Å². The average molecular weight is 290 g/mol. The van der Waals surface area contributed by atoms with Crippen molar-refractivity contribution in [2.24, 2.45) is 0 Å². The molecule has 2 unspecified atom stereocenters. The molecule has 1 aromatic rings. The first-order valence-corrected chi connectivity index (χ1v) is 7.27. The summed E-state index contributed by atoms with van der Waals surface area (Å²) in [5.41, 5.74) is 2.59. The first-order chi connectivity index (χ1) is 9.90. The molecule has 114 valence electrons. The van der Waals surface area contributed by atoms with Crippen molar-refractivity contribution in [3.05, 3.63) is 29.3 Å². The van der Waals surface area contributed by atoms with E-state index in [4.69, 9.17) is 0 Å². The van der Waals surface area contributed by atoms with Gasteiger partial charge in [-0.25, -0.2) is 0 Å². The van der Waals surface area contributed by atoms with Crippen LogP contribution in [0.3, 0.4) is 0 Å². The molecule has 2 rings (SSSR count). The lowest BCUT2D eigenvalue weighted by molar-refractivity contribution is -0.116. The van der Waals surface area contributed by atoms with Gasteiger partial charge in [-0.3, -0.25) is 9.59 Å². The van der Waals surface area contributed by atoms with Crippen LogP contribution in [-0.2, 0) is 11.2 Å². The Bertz CT molecular complexity index is 554. The topological polar surface area (TPSA) is 69.6 Å². The maximum absolute atomic E-state index is 12.3. The number of hydrogen-bond acceptors (Lipinski definition) is 4. The molecule has 1 amide bonds. The van der Waals surface area contributed by atoms with E-state index in [0.717, 1.165) is 17.7 Å². The Balaban J connectivity index is 2.12. The Hall–Kier alpha value is -1.72. The van der Waals surface area contributed by atoms with Crippen LogP contribution in [0.1, 0.15) is 36.7 Å². The van der Waals surface area contributed by atoms with Crippen molar-refractivity contribution in [2.75, 3.05) is 18.0 Å². The molecular formula is C16H22N2O3. The van der Waals surface area contributed by atoms with Gasteiger partial charge in [0, 0.05) is 31.3 Å². The monoisotopic (exact) mass is 290 g/mol. The predicted molar refractivity (Wildman–Crippen MR) is 81.6 cm³/mol. The largest absolute Gasteiger partial charge is 0.392 e. The Morgan fingerprint density at radius 1 is 1.38 bits per heavy atom. The van der Waals surface area contributed by atoms with E-state index in [1.807, 2.05) is 12.1 Å². The molecule has 0 saturated carbocycles. The first-order valence-electron chi connectivity index (χ1n) is 7.27. The van der Waals surface area contributed by atoms with Gasteiger partial charge >= 0.3 is 0 Å². The number of fused-ring (bicyclic) bond motifs is 1. The van der Waals surface area contributed by atoms with Gasteiger partial charge in [0.2, 0.25) is 5.91 Å². The van der Waals surface area contributed by atoms with Crippen LogP contribution in [0, 0.1) is 0 Å². The zero-order valence-electron chi connectivity index (χ0n) is 12.7. The van der Waals surface area contributed by atoms with Gasteiger partial charge in [0.1, 0.15) is 0 Å². The highest BCUT2D eigenvalue weighted by molar-refractivity contribution is 6.01. The minimum atomic E-state index is -0.482. The summed E-state index contributed by atoms with van der Waals surface area (Å²) in [6.07, 6.45) is 0.301. The standard InChI is InChI=1S/C16H22N2O3/c1-10(19)9-17-11(2)16(21)14-4-5-15-13(8-14)6-7-18(15)12(3)20/h4-5,8,10-11,17,19H,6-7,9H2,1-3H3. The van der Waals surface area contributed by atoms with Crippen LogP contribution in [-0.4, -0.2) is 42.0 Å². The number of anilines is 1. The fourth-order valence-electron chi connectivity index (χ4n) is 2.57. The lowest BCUT2D eigenvalue weighted by Crippen LogP contribution is -2.38. The molecule has 1 aliphatic heterocycles. The lowest BCUT2D eigenvalue weighted by Gasteiger charge is -2.16. The molecule has 1 heterocycles. The summed E-state index contributed by atoms with van der Waals surface area (Å²) in [4.78, 5) is 25.6. The lowest BCUT2D eigenvalue weighted by atomic mass is 10.0. The minimum absolute atomic E-state index is 0.000255. The van der Waals surface area contributed by atoms with Crippen LogP contribution in [0.5, 0.6) is 0 Å². The second kappa shape index (κ2) is 6.37. The van der Waals surface area contributed by atoms with Crippen LogP contribution < -0.4 is 10.2 Å². The summed E-state index contributed by atoms with van der Waals surface area (Å²) < 4.78 is 0. The van der Waals surface area contributed by atoms with E-state index in [0.29, 0.717) is 18.7 Å². The highest BCUT2D eigenvalue weighted by Gasteiger charge is 2.24. The average Bonchev–Trinajstić information content (AvgIpc) is 2.86. The van der Waals surface area contributed by atoms with Gasteiger partial charge in [-0.05, 0) is 44.0 Å². The van der Waals surface area contributed by atoms with E-state index >= 15 is 0 Å². The van der Waals surface area contributed by atoms with E-state index in [1.54, 1.807) is 31.7 Å². The maximum Gasteiger partial charge on any atom is 0.223 e. The second-order valence-electron chi connectivity index (χ2n) is 5.61. The number of rotatable bonds is 5. The van der Waals surface area contributed by atoms with Crippen molar-refractivity contribution in [3.63, 3.8) is 0 Å². The molecule has 0 aromatic heterocycles. The van der Waals surface area contributed by atoms with Crippen LogP contribution in [0.25, 0.3) is 0 Å². The van der Waals surface area contributed by atoms with Crippen LogP contribution in [0.2, 0.25) is 0 Å². The van der Waals surface area contributed by atoms with Gasteiger partial charge in [-0.2, -0.15) is 0 Å². The number of aliphatic hydroxyl groups excluding tert-OH is 1. The van der Waals surface area contributed by atoms with Gasteiger partial charge < -0.3 is 15.3 Å². The van der Waals surface area contributed by atoms with Crippen molar-refractivity contribution in [1.29, 1.82) is 0 Å². The second-order valence-corrected chi connectivity index (χ2v) is 5.61. The fraction of sp³-hybridized carbons (Fsp3) is 0.500.